The summed E-state index contributed by atoms with van der Waals surface area (Å²) in [5.41, 5.74) is -0.633. The van der Waals surface area contributed by atoms with Crippen LogP contribution in [0.2, 0.25) is 0 Å². The maximum absolute atomic E-state index is 13.2. The van der Waals surface area contributed by atoms with Crippen molar-refractivity contribution in [2.45, 2.75) is 44.9 Å². The first-order valence-corrected chi connectivity index (χ1v) is 8.67. The van der Waals surface area contributed by atoms with E-state index in [1.807, 2.05) is 18.2 Å². The first-order chi connectivity index (χ1) is 13.2. The number of aliphatic carboxylic acids is 1. The van der Waals surface area contributed by atoms with Crippen molar-refractivity contribution in [2.24, 2.45) is 0 Å². The van der Waals surface area contributed by atoms with E-state index in [1.54, 1.807) is 12.1 Å². The number of nitrogens with zero attached hydrogens (tertiary/aromatic N) is 2. The monoisotopic (exact) mass is 398 g/mol. The molecular weight excluding hydrogens is 377 g/mol. The van der Waals surface area contributed by atoms with E-state index in [4.69, 9.17) is 5.11 Å². The number of carboxylic acid groups (broad SMARTS) is 1. The number of hydrogen-bond acceptors (Lipinski definition) is 3. The summed E-state index contributed by atoms with van der Waals surface area (Å²) in [5, 5.41) is 17.3. The molecule has 0 spiro atoms. The number of benzene rings is 1. The summed E-state index contributed by atoms with van der Waals surface area (Å²) in [7, 11) is 0. The quantitative estimate of drug-likeness (QED) is 0.634. The predicted octanol–water partition coefficient (Wildman–Crippen LogP) is 3.52. The molecular formula is C18H21F3N4O3. The number of aryl methyl sites for hydroxylation is 1. The molecule has 0 aliphatic rings. The second-order valence-corrected chi connectivity index (χ2v) is 6.14. The Morgan fingerprint density at radius 1 is 1.25 bits per heavy atom. The maximum atomic E-state index is 13.2. The normalized spacial score (nSPS) is 12.4. The van der Waals surface area contributed by atoms with Gasteiger partial charge in [0, 0.05) is 19.0 Å². The molecule has 2 aromatic rings. The van der Waals surface area contributed by atoms with E-state index in [-0.39, 0.29) is 19.4 Å². The van der Waals surface area contributed by atoms with Crippen LogP contribution in [0.1, 0.15) is 31.0 Å². The number of rotatable bonds is 8. The summed E-state index contributed by atoms with van der Waals surface area (Å²) in [4.78, 5) is 23.1. The van der Waals surface area contributed by atoms with E-state index in [0.717, 1.165) is 16.4 Å². The van der Waals surface area contributed by atoms with Crippen LogP contribution in [0.4, 0.5) is 23.7 Å². The number of carbonyl (C=O) groups excluding carboxylic acids is 1. The fourth-order valence-corrected chi connectivity index (χ4v) is 2.78. The van der Waals surface area contributed by atoms with Crippen LogP contribution < -0.4 is 10.6 Å². The van der Waals surface area contributed by atoms with Gasteiger partial charge in [0.2, 0.25) is 0 Å². The third-order valence-corrected chi connectivity index (χ3v) is 4.02. The number of halogens is 3. The Kier molecular flexibility index (Phi) is 7.02. The molecule has 1 unspecified atom stereocenters. The number of nitrogens with one attached hydrogen (secondary N) is 2. The van der Waals surface area contributed by atoms with E-state index < -0.39 is 35.6 Å². The van der Waals surface area contributed by atoms with Crippen molar-refractivity contribution in [2.75, 3.05) is 5.32 Å². The van der Waals surface area contributed by atoms with Gasteiger partial charge in [-0.3, -0.25) is 9.48 Å². The van der Waals surface area contributed by atoms with Crippen molar-refractivity contribution in [3.8, 4) is 0 Å². The van der Waals surface area contributed by atoms with Gasteiger partial charge in [-0.2, -0.15) is 18.3 Å². The maximum Gasteiger partial charge on any atom is 0.435 e. The van der Waals surface area contributed by atoms with Gasteiger partial charge in [0.25, 0.3) is 0 Å². The molecule has 3 N–H and O–H groups in total. The van der Waals surface area contributed by atoms with Crippen molar-refractivity contribution in [1.82, 2.24) is 15.1 Å². The van der Waals surface area contributed by atoms with E-state index in [1.165, 1.54) is 6.92 Å². The highest BCUT2D eigenvalue weighted by Crippen LogP contribution is 2.34. The molecule has 1 heterocycles. The third kappa shape index (κ3) is 6.00. The molecule has 1 aromatic carbocycles. The average molecular weight is 398 g/mol. The molecule has 0 aliphatic heterocycles. The Morgan fingerprint density at radius 2 is 1.93 bits per heavy atom. The molecule has 0 saturated carbocycles. The van der Waals surface area contributed by atoms with Gasteiger partial charge in [0.05, 0.1) is 11.9 Å². The van der Waals surface area contributed by atoms with Gasteiger partial charge in [-0.1, -0.05) is 30.3 Å². The first-order valence-electron chi connectivity index (χ1n) is 8.67. The number of carbonyl (C=O) groups is 2. The number of urea groups is 1. The summed E-state index contributed by atoms with van der Waals surface area (Å²) in [6, 6.07) is 7.65. The minimum atomic E-state index is -4.68. The van der Waals surface area contributed by atoms with Crippen LogP contribution in [0, 0.1) is 0 Å². The number of hydrogen-bond donors (Lipinski definition) is 3. The SMILES string of the molecule is CCn1ncc(NC(=O)NC(CCC(=O)O)Cc2ccccc2)c1C(F)(F)F. The summed E-state index contributed by atoms with van der Waals surface area (Å²) < 4.78 is 40.5. The highest BCUT2D eigenvalue weighted by Gasteiger charge is 2.38. The zero-order valence-corrected chi connectivity index (χ0v) is 15.2. The predicted molar refractivity (Wildman–Crippen MR) is 95.9 cm³/mol. The lowest BCUT2D eigenvalue weighted by Gasteiger charge is -2.19. The molecule has 0 saturated heterocycles. The van der Waals surface area contributed by atoms with Crippen molar-refractivity contribution in [3.63, 3.8) is 0 Å². The topological polar surface area (TPSA) is 96.3 Å². The summed E-state index contributed by atoms with van der Waals surface area (Å²) in [5.74, 6) is -1.02. The molecule has 0 bridgehead atoms. The Labute approximate surface area is 159 Å². The second-order valence-electron chi connectivity index (χ2n) is 6.14. The van der Waals surface area contributed by atoms with Gasteiger partial charge in [-0.25, -0.2) is 4.79 Å². The standard InChI is InChI=1S/C18H21F3N4O3/c1-2-25-16(18(19,20)21)14(11-22-25)24-17(28)23-13(8-9-15(26)27)10-12-6-4-3-5-7-12/h3-7,11,13H,2,8-10H2,1H3,(H,26,27)(H2,23,24,28). The smallest absolute Gasteiger partial charge is 0.435 e. The Balaban J connectivity index is 2.11. The summed E-state index contributed by atoms with van der Waals surface area (Å²) in [6.07, 6.45) is -3.43. The first kappa shape index (κ1) is 21.3. The molecule has 0 aliphatic carbocycles. The van der Waals surface area contributed by atoms with Crippen LogP contribution in [0.25, 0.3) is 0 Å². The van der Waals surface area contributed by atoms with Crippen molar-refractivity contribution < 1.29 is 27.9 Å². The Bertz CT molecular complexity index is 806. The van der Waals surface area contributed by atoms with Crippen molar-refractivity contribution >= 4 is 17.7 Å². The zero-order valence-electron chi connectivity index (χ0n) is 15.2. The van der Waals surface area contributed by atoms with Crippen LogP contribution in [0.5, 0.6) is 0 Å². The lowest BCUT2D eigenvalue weighted by molar-refractivity contribution is -0.143. The number of alkyl halides is 3. The third-order valence-electron chi connectivity index (χ3n) is 4.02. The summed E-state index contributed by atoms with van der Waals surface area (Å²) >= 11 is 0. The highest BCUT2D eigenvalue weighted by molar-refractivity contribution is 5.90. The summed E-state index contributed by atoms with van der Waals surface area (Å²) in [6.45, 7) is 1.50. The Hall–Kier alpha value is -3.04. The fraction of sp³-hybridized carbons (Fsp3) is 0.389. The molecule has 0 fully saturated rings. The largest absolute Gasteiger partial charge is 0.481 e. The van der Waals surface area contributed by atoms with Crippen molar-refractivity contribution in [3.05, 3.63) is 47.8 Å². The lowest BCUT2D eigenvalue weighted by Crippen LogP contribution is -2.40. The van der Waals surface area contributed by atoms with Gasteiger partial charge < -0.3 is 15.7 Å². The Morgan fingerprint density at radius 3 is 2.50 bits per heavy atom. The van der Waals surface area contributed by atoms with Gasteiger partial charge in [-0.05, 0) is 25.3 Å². The van der Waals surface area contributed by atoms with E-state index >= 15 is 0 Å². The minimum Gasteiger partial charge on any atom is -0.481 e. The minimum absolute atomic E-state index is 0.00656. The lowest BCUT2D eigenvalue weighted by atomic mass is 10.0. The number of aromatic nitrogens is 2. The van der Waals surface area contributed by atoms with Crippen LogP contribution >= 0.6 is 0 Å². The van der Waals surface area contributed by atoms with Crippen LogP contribution in [-0.4, -0.2) is 32.9 Å². The van der Waals surface area contributed by atoms with Gasteiger partial charge in [0.15, 0.2) is 5.69 Å². The van der Waals surface area contributed by atoms with E-state index in [9.17, 15) is 22.8 Å². The number of anilines is 1. The number of carboxylic acids is 1. The fourth-order valence-electron chi connectivity index (χ4n) is 2.78. The van der Waals surface area contributed by atoms with Crippen LogP contribution in [0.15, 0.2) is 36.5 Å². The molecule has 1 aromatic heterocycles. The van der Waals surface area contributed by atoms with Crippen molar-refractivity contribution in [1.29, 1.82) is 0 Å². The molecule has 10 heteroatoms. The van der Waals surface area contributed by atoms with Gasteiger partial charge in [0.1, 0.15) is 0 Å². The van der Waals surface area contributed by atoms with Crippen LogP contribution in [0.3, 0.4) is 0 Å². The molecule has 152 valence electrons. The van der Waals surface area contributed by atoms with Crippen LogP contribution in [-0.2, 0) is 23.9 Å². The van der Waals surface area contributed by atoms with Gasteiger partial charge in [-0.15, -0.1) is 0 Å². The molecule has 1 atom stereocenters. The molecule has 2 amide bonds. The average Bonchev–Trinajstić information content (AvgIpc) is 3.03. The molecule has 2 rings (SSSR count). The zero-order chi connectivity index (χ0) is 20.7. The second kappa shape index (κ2) is 9.25. The number of amides is 2. The highest BCUT2D eigenvalue weighted by atomic mass is 19.4. The van der Waals surface area contributed by atoms with Gasteiger partial charge >= 0.3 is 18.2 Å². The van der Waals surface area contributed by atoms with E-state index in [0.29, 0.717) is 6.42 Å². The molecule has 7 nitrogen and oxygen atoms in total. The molecule has 0 radical (unpaired) electrons. The molecule has 28 heavy (non-hydrogen) atoms. The van der Waals surface area contributed by atoms with E-state index in [2.05, 4.69) is 15.7 Å².